The van der Waals surface area contributed by atoms with Crippen molar-refractivity contribution in [3.8, 4) is 0 Å². The maximum absolute atomic E-state index is 12.2. The summed E-state index contributed by atoms with van der Waals surface area (Å²) in [6, 6.07) is 10.6. The molecule has 0 heterocycles. The summed E-state index contributed by atoms with van der Waals surface area (Å²) in [7, 11) is 1.38. The first kappa shape index (κ1) is 21.8. The van der Waals surface area contributed by atoms with Crippen LogP contribution in [0.15, 0.2) is 42.5 Å². The standard InChI is InChI=1S/C19H18ClN3O6/c1-12-13(6-5-9-16(12)23(27)28)19(26)29-11-18(25)22(2)10-17(24)21-15-8-4-3-7-14(15)20/h3-9H,10-11H2,1-2H3,(H,21,24). The molecule has 0 aliphatic carbocycles. The summed E-state index contributed by atoms with van der Waals surface area (Å²) >= 11 is 5.96. The van der Waals surface area contributed by atoms with Gasteiger partial charge in [0.1, 0.15) is 0 Å². The number of para-hydroxylation sites is 1. The Labute approximate surface area is 171 Å². The highest BCUT2D eigenvalue weighted by Crippen LogP contribution is 2.22. The lowest BCUT2D eigenvalue weighted by molar-refractivity contribution is -0.385. The molecular formula is C19H18ClN3O6. The largest absolute Gasteiger partial charge is 0.452 e. The number of nitrogens with one attached hydrogen (secondary N) is 1. The van der Waals surface area contributed by atoms with Gasteiger partial charge < -0.3 is 15.0 Å². The van der Waals surface area contributed by atoms with E-state index in [-0.39, 0.29) is 23.4 Å². The van der Waals surface area contributed by atoms with Crippen LogP contribution in [-0.2, 0) is 14.3 Å². The van der Waals surface area contributed by atoms with Gasteiger partial charge in [0.25, 0.3) is 11.6 Å². The average Bonchev–Trinajstić information content (AvgIpc) is 2.67. The third-order valence-electron chi connectivity index (χ3n) is 4.00. The average molecular weight is 420 g/mol. The Kier molecular flexibility index (Phi) is 7.27. The maximum Gasteiger partial charge on any atom is 0.339 e. The number of carbonyl (C=O) groups excluding carboxylic acids is 3. The molecule has 2 amide bonds. The molecule has 29 heavy (non-hydrogen) atoms. The highest BCUT2D eigenvalue weighted by Gasteiger charge is 2.21. The van der Waals surface area contributed by atoms with Crippen LogP contribution in [0.2, 0.25) is 5.02 Å². The van der Waals surface area contributed by atoms with E-state index < -0.39 is 29.3 Å². The predicted molar refractivity (Wildman–Crippen MR) is 106 cm³/mol. The molecule has 0 radical (unpaired) electrons. The lowest BCUT2D eigenvalue weighted by atomic mass is 10.1. The molecule has 0 fully saturated rings. The monoisotopic (exact) mass is 419 g/mol. The third-order valence-corrected chi connectivity index (χ3v) is 4.33. The Hall–Kier alpha value is -3.46. The Balaban J connectivity index is 1.91. The molecule has 152 valence electrons. The second-order valence-corrected chi connectivity index (χ2v) is 6.47. The van der Waals surface area contributed by atoms with Gasteiger partial charge in [-0.25, -0.2) is 4.79 Å². The molecule has 0 aromatic heterocycles. The fourth-order valence-electron chi connectivity index (χ4n) is 2.41. The number of halogens is 1. The Morgan fingerprint density at radius 3 is 2.52 bits per heavy atom. The van der Waals surface area contributed by atoms with Crippen LogP contribution in [0.1, 0.15) is 15.9 Å². The van der Waals surface area contributed by atoms with Crippen LogP contribution in [0.4, 0.5) is 11.4 Å². The lowest BCUT2D eigenvalue weighted by Crippen LogP contribution is -2.37. The van der Waals surface area contributed by atoms with E-state index in [4.69, 9.17) is 16.3 Å². The highest BCUT2D eigenvalue weighted by molar-refractivity contribution is 6.33. The highest BCUT2D eigenvalue weighted by atomic mass is 35.5. The van der Waals surface area contributed by atoms with E-state index in [1.165, 1.54) is 32.2 Å². The number of nitrogens with zero attached hydrogens (tertiary/aromatic N) is 2. The summed E-state index contributed by atoms with van der Waals surface area (Å²) in [6.07, 6.45) is 0. The van der Waals surface area contributed by atoms with Crippen LogP contribution in [0, 0.1) is 17.0 Å². The number of hydrogen-bond donors (Lipinski definition) is 1. The second kappa shape index (κ2) is 9.65. The van der Waals surface area contributed by atoms with E-state index >= 15 is 0 Å². The number of ether oxygens (including phenoxy) is 1. The quantitative estimate of drug-likeness (QED) is 0.418. The molecule has 0 aliphatic rings. The summed E-state index contributed by atoms with van der Waals surface area (Å²) in [5, 5.41) is 13.9. The van der Waals surface area contributed by atoms with Crippen LogP contribution < -0.4 is 5.32 Å². The molecule has 0 aliphatic heterocycles. The first-order chi connectivity index (χ1) is 13.7. The Morgan fingerprint density at radius 2 is 1.86 bits per heavy atom. The van der Waals surface area contributed by atoms with E-state index in [1.54, 1.807) is 24.3 Å². The van der Waals surface area contributed by atoms with Crippen molar-refractivity contribution in [2.45, 2.75) is 6.92 Å². The van der Waals surface area contributed by atoms with Gasteiger partial charge >= 0.3 is 5.97 Å². The van der Waals surface area contributed by atoms with E-state index in [0.717, 1.165) is 4.90 Å². The van der Waals surface area contributed by atoms with E-state index in [1.807, 2.05) is 0 Å². The number of carbonyl (C=O) groups is 3. The molecule has 0 unspecified atom stereocenters. The van der Waals surface area contributed by atoms with Crippen molar-refractivity contribution in [3.05, 3.63) is 68.7 Å². The van der Waals surface area contributed by atoms with Gasteiger partial charge in [-0.2, -0.15) is 0 Å². The van der Waals surface area contributed by atoms with Gasteiger partial charge in [0, 0.05) is 18.7 Å². The van der Waals surface area contributed by atoms with Crippen LogP contribution >= 0.6 is 11.6 Å². The lowest BCUT2D eigenvalue weighted by Gasteiger charge is -2.17. The molecular weight excluding hydrogens is 402 g/mol. The maximum atomic E-state index is 12.2. The topological polar surface area (TPSA) is 119 Å². The normalized spacial score (nSPS) is 10.2. The third kappa shape index (κ3) is 5.76. The molecule has 2 rings (SSSR count). The van der Waals surface area contributed by atoms with Crippen molar-refractivity contribution >= 4 is 40.8 Å². The zero-order valence-electron chi connectivity index (χ0n) is 15.7. The van der Waals surface area contributed by atoms with Gasteiger partial charge in [-0.15, -0.1) is 0 Å². The van der Waals surface area contributed by atoms with Crippen LogP contribution in [0.5, 0.6) is 0 Å². The summed E-state index contributed by atoms with van der Waals surface area (Å²) in [5.74, 6) is -1.96. The molecule has 0 saturated carbocycles. The van der Waals surface area contributed by atoms with Gasteiger partial charge in [0.2, 0.25) is 5.91 Å². The zero-order valence-corrected chi connectivity index (χ0v) is 16.4. The number of anilines is 1. The molecule has 1 N–H and O–H groups in total. The molecule has 0 spiro atoms. The predicted octanol–water partition coefficient (Wildman–Crippen LogP) is 2.81. The molecule has 0 saturated heterocycles. The first-order valence-electron chi connectivity index (χ1n) is 8.40. The Bertz CT molecular complexity index is 963. The molecule has 0 bridgehead atoms. The summed E-state index contributed by atoms with van der Waals surface area (Å²) in [6.45, 7) is 0.524. The molecule has 2 aromatic rings. The number of hydrogen-bond acceptors (Lipinski definition) is 6. The van der Waals surface area contributed by atoms with Gasteiger partial charge in [-0.1, -0.05) is 29.8 Å². The van der Waals surface area contributed by atoms with Crippen LogP contribution in [-0.4, -0.2) is 47.8 Å². The first-order valence-corrected chi connectivity index (χ1v) is 8.78. The smallest absolute Gasteiger partial charge is 0.339 e. The summed E-state index contributed by atoms with van der Waals surface area (Å²) < 4.78 is 4.94. The van der Waals surface area contributed by atoms with Crippen LogP contribution in [0.25, 0.3) is 0 Å². The number of likely N-dealkylation sites (N-methyl/N-ethyl adjacent to an activating group) is 1. The van der Waals surface area contributed by atoms with Crippen molar-refractivity contribution in [1.82, 2.24) is 4.90 Å². The fourth-order valence-corrected chi connectivity index (χ4v) is 2.60. The van der Waals surface area contributed by atoms with Crippen molar-refractivity contribution in [2.75, 3.05) is 25.5 Å². The molecule has 9 nitrogen and oxygen atoms in total. The van der Waals surface area contributed by atoms with E-state index in [2.05, 4.69) is 5.32 Å². The van der Waals surface area contributed by atoms with Crippen LogP contribution in [0.3, 0.4) is 0 Å². The van der Waals surface area contributed by atoms with E-state index in [9.17, 15) is 24.5 Å². The number of nitro groups is 1. The van der Waals surface area contributed by atoms with Gasteiger partial charge in [0.05, 0.1) is 27.7 Å². The Morgan fingerprint density at radius 1 is 1.17 bits per heavy atom. The summed E-state index contributed by atoms with van der Waals surface area (Å²) in [5.41, 5.74) is 0.320. The van der Waals surface area contributed by atoms with E-state index in [0.29, 0.717) is 10.7 Å². The molecule has 0 atom stereocenters. The number of benzene rings is 2. The fraction of sp³-hybridized carbons (Fsp3) is 0.211. The van der Waals surface area contributed by atoms with Crippen molar-refractivity contribution in [2.24, 2.45) is 0 Å². The summed E-state index contributed by atoms with van der Waals surface area (Å²) in [4.78, 5) is 47.8. The second-order valence-electron chi connectivity index (χ2n) is 6.06. The van der Waals surface area contributed by atoms with Crippen molar-refractivity contribution in [1.29, 1.82) is 0 Å². The van der Waals surface area contributed by atoms with Crippen molar-refractivity contribution in [3.63, 3.8) is 0 Å². The molecule has 2 aromatic carbocycles. The number of esters is 1. The molecule has 10 heteroatoms. The SMILES string of the molecule is Cc1c(C(=O)OCC(=O)N(C)CC(=O)Nc2ccccc2Cl)cccc1[N+](=O)[O-]. The number of rotatable bonds is 7. The van der Waals surface area contributed by atoms with Gasteiger partial charge in [0.15, 0.2) is 6.61 Å². The van der Waals surface area contributed by atoms with Gasteiger partial charge in [-0.3, -0.25) is 19.7 Å². The number of amides is 2. The minimum atomic E-state index is -0.867. The van der Waals surface area contributed by atoms with Gasteiger partial charge in [-0.05, 0) is 25.1 Å². The minimum Gasteiger partial charge on any atom is -0.452 e. The number of nitro benzene ring substituents is 1. The zero-order chi connectivity index (χ0) is 21.6. The minimum absolute atomic E-state index is 0.00823. The van der Waals surface area contributed by atoms with Crippen molar-refractivity contribution < 1.29 is 24.0 Å².